The van der Waals surface area contributed by atoms with Crippen LogP contribution >= 0.6 is 0 Å². The second-order valence-electron chi connectivity index (χ2n) is 3.90. The standard InChI is InChI=1S/C10H12N4/c1-6-8(11)4-5-9-12-13-10(14(6)9)7-2-3-7/h4-5,7H,2-3,11H2,1H3. The van der Waals surface area contributed by atoms with E-state index in [1.807, 2.05) is 19.1 Å². The maximum absolute atomic E-state index is 5.86. The van der Waals surface area contributed by atoms with Crippen LogP contribution in [0.25, 0.3) is 5.65 Å². The van der Waals surface area contributed by atoms with Gasteiger partial charge in [-0.2, -0.15) is 0 Å². The van der Waals surface area contributed by atoms with Crippen molar-refractivity contribution in [1.29, 1.82) is 0 Å². The molecule has 0 amide bonds. The summed E-state index contributed by atoms with van der Waals surface area (Å²) in [6.45, 7) is 2.01. The molecule has 0 atom stereocenters. The first-order valence-corrected chi connectivity index (χ1v) is 4.87. The van der Waals surface area contributed by atoms with Crippen molar-refractivity contribution >= 4 is 11.3 Å². The zero-order valence-corrected chi connectivity index (χ0v) is 8.07. The van der Waals surface area contributed by atoms with Crippen molar-refractivity contribution in [3.05, 3.63) is 23.7 Å². The number of pyridine rings is 1. The van der Waals surface area contributed by atoms with Crippen LogP contribution in [0.1, 0.15) is 30.3 Å². The Labute approximate surface area is 81.8 Å². The summed E-state index contributed by atoms with van der Waals surface area (Å²) in [7, 11) is 0. The Bertz CT molecular complexity index is 496. The molecule has 0 aliphatic heterocycles. The average molecular weight is 188 g/mol. The number of aromatic nitrogens is 3. The minimum atomic E-state index is 0.602. The van der Waals surface area contributed by atoms with Crippen molar-refractivity contribution in [2.24, 2.45) is 0 Å². The van der Waals surface area contributed by atoms with Gasteiger partial charge in [-0.15, -0.1) is 10.2 Å². The molecule has 14 heavy (non-hydrogen) atoms. The summed E-state index contributed by atoms with van der Waals surface area (Å²) in [5, 5.41) is 8.36. The van der Waals surface area contributed by atoms with E-state index >= 15 is 0 Å². The van der Waals surface area contributed by atoms with Crippen LogP contribution in [0.5, 0.6) is 0 Å². The third-order valence-electron chi connectivity index (χ3n) is 2.82. The highest BCUT2D eigenvalue weighted by Crippen LogP contribution is 2.39. The molecule has 1 fully saturated rings. The lowest BCUT2D eigenvalue weighted by molar-refractivity contribution is 0.882. The summed E-state index contributed by atoms with van der Waals surface area (Å²) in [6, 6.07) is 3.80. The van der Waals surface area contributed by atoms with Gasteiger partial charge in [0.05, 0.1) is 5.69 Å². The van der Waals surface area contributed by atoms with Gasteiger partial charge in [-0.3, -0.25) is 4.40 Å². The predicted octanol–water partition coefficient (Wildman–Crippen LogP) is 1.50. The molecule has 2 aromatic heterocycles. The second-order valence-corrected chi connectivity index (χ2v) is 3.90. The summed E-state index contributed by atoms with van der Waals surface area (Å²) < 4.78 is 2.08. The molecule has 1 saturated carbocycles. The van der Waals surface area contributed by atoms with Crippen LogP contribution in [0.2, 0.25) is 0 Å². The third kappa shape index (κ3) is 0.937. The van der Waals surface area contributed by atoms with Gasteiger partial charge in [0.25, 0.3) is 0 Å². The van der Waals surface area contributed by atoms with Crippen molar-refractivity contribution in [3.63, 3.8) is 0 Å². The van der Waals surface area contributed by atoms with Crippen molar-refractivity contribution in [2.75, 3.05) is 5.73 Å². The van der Waals surface area contributed by atoms with Crippen LogP contribution in [0, 0.1) is 6.92 Å². The number of aryl methyl sites for hydroxylation is 1. The molecular formula is C10H12N4. The smallest absolute Gasteiger partial charge is 0.161 e. The van der Waals surface area contributed by atoms with Gasteiger partial charge >= 0.3 is 0 Å². The summed E-state index contributed by atoms with van der Waals surface area (Å²) in [5.74, 6) is 1.68. The van der Waals surface area contributed by atoms with Crippen LogP contribution in [0.4, 0.5) is 5.69 Å². The fourth-order valence-corrected chi connectivity index (χ4v) is 1.78. The van der Waals surface area contributed by atoms with E-state index in [1.54, 1.807) is 0 Å². The highest BCUT2D eigenvalue weighted by Gasteiger charge is 2.29. The van der Waals surface area contributed by atoms with Gasteiger partial charge in [0.2, 0.25) is 0 Å². The molecule has 0 spiro atoms. The average Bonchev–Trinajstić information content (AvgIpc) is 2.93. The van der Waals surface area contributed by atoms with Crippen LogP contribution in [0.15, 0.2) is 12.1 Å². The monoisotopic (exact) mass is 188 g/mol. The largest absolute Gasteiger partial charge is 0.397 e. The maximum atomic E-state index is 5.86. The topological polar surface area (TPSA) is 56.2 Å². The van der Waals surface area contributed by atoms with Crippen LogP contribution in [-0.2, 0) is 0 Å². The van der Waals surface area contributed by atoms with Crippen molar-refractivity contribution in [1.82, 2.24) is 14.6 Å². The molecule has 4 heteroatoms. The maximum Gasteiger partial charge on any atom is 0.161 e. The van der Waals surface area contributed by atoms with E-state index in [0.717, 1.165) is 22.9 Å². The summed E-state index contributed by atoms with van der Waals surface area (Å²) >= 11 is 0. The van der Waals surface area contributed by atoms with Gasteiger partial charge in [0.15, 0.2) is 5.65 Å². The van der Waals surface area contributed by atoms with Crippen LogP contribution in [0.3, 0.4) is 0 Å². The van der Waals surface area contributed by atoms with Gasteiger partial charge < -0.3 is 5.73 Å². The van der Waals surface area contributed by atoms with Gasteiger partial charge in [-0.05, 0) is 31.9 Å². The lowest BCUT2D eigenvalue weighted by atomic mass is 10.3. The minimum absolute atomic E-state index is 0.602. The molecule has 4 nitrogen and oxygen atoms in total. The first-order valence-electron chi connectivity index (χ1n) is 4.87. The Morgan fingerprint density at radius 3 is 2.86 bits per heavy atom. The van der Waals surface area contributed by atoms with Gasteiger partial charge in [-0.1, -0.05) is 0 Å². The Hall–Kier alpha value is -1.58. The van der Waals surface area contributed by atoms with E-state index in [1.165, 1.54) is 12.8 Å². The summed E-state index contributed by atoms with van der Waals surface area (Å²) in [5.41, 5.74) is 8.61. The number of hydrogen-bond donors (Lipinski definition) is 1. The summed E-state index contributed by atoms with van der Waals surface area (Å²) in [4.78, 5) is 0. The Kier molecular flexibility index (Phi) is 1.37. The minimum Gasteiger partial charge on any atom is -0.397 e. The molecule has 3 rings (SSSR count). The van der Waals surface area contributed by atoms with E-state index in [2.05, 4.69) is 14.6 Å². The molecule has 2 N–H and O–H groups in total. The number of hydrogen-bond acceptors (Lipinski definition) is 3. The lowest BCUT2D eigenvalue weighted by Gasteiger charge is -2.04. The molecule has 1 aliphatic rings. The van der Waals surface area contributed by atoms with Gasteiger partial charge in [-0.25, -0.2) is 0 Å². The Morgan fingerprint density at radius 1 is 1.36 bits per heavy atom. The molecule has 1 aliphatic carbocycles. The highest BCUT2D eigenvalue weighted by atomic mass is 15.3. The molecule has 2 heterocycles. The number of nitrogens with zero attached hydrogens (tertiary/aromatic N) is 3. The quantitative estimate of drug-likeness (QED) is 0.737. The highest BCUT2D eigenvalue weighted by molar-refractivity contribution is 5.52. The Balaban J connectivity index is 2.36. The van der Waals surface area contributed by atoms with E-state index in [0.29, 0.717) is 5.92 Å². The van der Waals surface area contributed by atoms with E-state index in [-0.39, 0.29) is 0 Å². The fourth-order valence-electron chi connectivity index (χ4n) is 1.78. The fraction of sp³-hybridized carbons (Fsp3) is 0.400. The number of rotatable bonds is 1. The van der Waals surface area contributed by atoms with Gasteiger partial charge in [0.1, 0.15) is 5.82 Å². The second kappa shape index (κ2) is 2.47. The zero-order valence-electron chi connectivity index (χ0n) is 8.07. The number of nitrogens with two attached hydrogens (primary N) is 1. The van der Waals surface area contributed by atoms with E-state index in [9.17, 15) is 0 Å². The lowest BCUT2D eigenvalue weighted by Crippen LogP contribution is -2.00. The molecule has 72 valence electrons. The number of fused-ring (bicyclic) bond motifs is 1. The van der Waals surface area contributed by atoms with Crippen LogP contribution in [-0.4, -0.2) is 14.6 Å². The summed E-state index contributed by atoms with van der Waals surface area (Å²) in [6.07, 6.45) is 2.46. The van der Waals surface area contributed by atoms with Crippen molar-refractivity contribution in [2.45, 2.75) is 25.7 Å². The zero-order chi connectivity index (χ0) is 9.71. The molecular weight excluding hydrogens is 176 g/mol. The molecule has 0 aromatic carbocycles. The third-order valence-corrected chi connectivity index (χ3v) is 2.82. The SMILES string of the molecule is Cc1c(N)ccc2nnc(C3CC3)n12. The molecule has 2 aromatic rings. The predicted molar refractivity (Wildman–Crippen MR) is 54.1 cm³/mol. The molecule has 0 bridgehead atoms. The molecule has 0 saturated heterocycles. The molecule has 0 radical (unpaired) electrons. The molecule has 0 unspecified atom stereocenters. The van der Waals surface area contributed by atoms with Crippen molar-refractivity contribution < 1.29 is 0 Å². The number of nitrogen functional groups attached to an aromatic ring is 1. The van der Waals surface area contributed by atoms with Gasteiger partial charge in [0, 0.05) is 11.6 Å². The van der Waals surface area contributed by atoms with E-state index in [4.69, 9.17) is 5.73 Å². The van der Waals surface area contributed by atoms with Crippen molar-refractivity contribution in [3.8, 4) is 0 Å². The first kappa shape index (κ1) is 7.79. The number of anilines is 1. The normalized spacial score (nSPS) is 16.4. The van der Waals surface area contributed by atoms with E-state index < -0.39 is 0 Å². The first-order chi connectivity index (χ1) is 6.77. The van der Waals surface area contributed by atoms with Crippen LogP contribution < -0.4 is 5.73 Å². The Morgan fingerprint density at radius 2 is 2.14 bits per heavy atom.